The van der Waals surface area contributed by atoms with Crippen LogP contribution in [-0.4, -0.2) is 18.5 Å². The van der Waals surface area contributed by atoms with Gasteiger partial charge >= 0.3 is 0 Å². The first-order valence-corrected chi connectivity index (χ1v) is 8.78. The molecule has 2 aliphatic rings. The monoisotopic (exact) mass is 356 g/mol. The minimum Gasteiger partial charge on any atom is -0.346 e. The van der Waals surface area contributed by atoms with Crippen molar-refractivity contribution >= 4 is 29.9 Å². The van der Waals surface area contributed by atoms with E-state index < -0.39 is 0 Å². The van der Waals surface area contributed by atoms with Crippen LogP contribution >= 0.6 is 24.0 Å². The Bertz CT molecular complexity index is 526. The highest BCUT2D eigenvalue weighted by Gasteiger charge is 2.38. The van der Waals surface area contributed by atoms with Gasteiger partial charge in [-0.1, -0.05) is 36.6 Å². The van der Waals surface area contributed by atoms with Gasteiger partial charge in [0.15, 0.2) is 0 Å². The van der Waals surface area contributed by atoms with Crippen molar-refractivity contribution in [3.8, 4) is 0 Å². The average Bonchev–Trinajstić information content (AvgIpc) is 2.97. The fraction of sp³-hybridized carbons (Fsp3) is 0.611. The van der Waals surface area contributed by atoms with Crippen molar-refractivity contribution in [1.82, 2.24) is 10.6 Å². The molecule has 2 atom stereocenters. The number of rotatable bonds is 3. The lowest BCUT2D eigenvalue weighted by molar-refractivity contribution is -0.128. The molecule has 1 heterocycles. The van der Waals surface area contributed by atoms with Crippen molar-refractivity contribution in [2.45, 2.75) is 57.0 Å². The standard InChI is InChI=1S/C18H25ClN2O.ClH/c1-13-12-14(8-11-20-13)17(22)21-18(9-2-3-10-18)15-4-6-16(19)7-5-15;/h4-7,13-14,20H,2-3,8-12H2,1H3,(H,21,22);1H/t13-,14-;/m0./s1. The molecular formula is C18H26Cl2N2O. The SMILES string of the molecule is C[C@H]1C[C@@H](C(=O)NC2(c3ccc(Cl)cc3)CCCC2)CCN1.Cl. The van der Waals surface area contributed by atoms with E-state index in [2.05, 4.69) is 29.7 Å². The Hall–Kier alpha value is -0.770. The molecule has 1 saturated carbocycles. The summed E-state index contributed by atoms with van der Waals surface area (Å²) in [4.78, 5) is 12.8. The Labute approximate surface area is 150 Å². The van der Waals surface area contributed by atoms with Crippen LogP contribution in [0.15, 0.2) is 24.3 Å². The Morgan fingerprint density at radius 2 is 1.91 bits per heavy atom. The van der Waals surface area contributed by atoms with E-state index in [9.17, 15) is 4.79 Å². The topological polar surface area (TPSA) is 41.1 Å². The molecule has 0 spiro atoms. The van der Waals surface area contributed by atoms with Crippen LogP contribution in [0, 0.1) is 5.92 Å². The second-order valence-corrected chi connectivity index (χ2v) is 7.30. The normalized spacial score (nSPS) is 26.3. The van der Waals surface area contributed by atoms with Gasteiger partial charge in [0, 0.05) is 17.0 Å². The van der Waals surface area contributed by atoms with E-state index in [4.69, 9.17) is 11.6 Å². The molecule has 0 aromatic heterocycles. The van der Waals surface area contributed by atoms with Gasteiger partial charge in [0.05, 0.1) is 5.54 Å². The molecule has 3 rings (SSSR count). The number of carbonyl (C=O) groups is 1. The van der Waals surface area contributed by atoms with Crippen molar-refractivity contribution in [3.05, 3.63) is 34.9 Å². The van der Waals surface area contributed by atoms with Crippen LogP contribution in [0.25, 0.3) is 0 Å². The third-order valence-corrected chi connectivity index (χ3v) is 5.46. The molecule has 5 heteroatoms. The number of nitrogens with one attached hydrogen (secondary N) is 2. The highest BCUT2D eigenvalue weighted by atomic mass is 35.5. The molecule has 2 fully saturated rings. The zero-order valence-corrected chi connectivity index (χ0v) is 15.2. The third kappa shape index (κ3) is 4.20. The summed E-state index contributed by atoms with van der Waals surface area (Å²) >= 11 is 6.01. The maximum absolute atomic E-state index is 12.8. The molecule has 0 radical (unpaired) electrons. The minimum atomic E-state index is -0.185. The zero-order valence-electron chi connectivity index (χ0n) is 13.6. The van der Waals surface area contributed by atoms with Crippen LogP contribution in [0.1, 0.15) is 51.0 Å². The number of amides is 1. The molecule has 2 N–H and O–H groups in total. The summed E-state index contributed by atoms with van der Waals surface area (Å²) in [5.41, 5.74) is 1.01. The van der Waals surface area contributed by atoms with Crippen LogP contribution in [0.5, 0.6) is 0 Å². The maximum Gasteiger partial charge on any atom is 0.223 e. The Morgan fingerprint density at radius 1 is 1.26 bits per heavy atom. The van der Waals surface area contributed by atoms with Crippen LogP contribution < -0.4 is 10.6 Å². The smallest absolute Gasteiger partial charge is 0.223 e. The van der Waals surface area contributed by atoms with Gasteiger partial charge in [0.25, 0.3) is 0 Å². The first-order chi connectivity index (χ1) is 10.6. The Morgan fingerprint density at radius 3 is 2.52 bits per heavy atom. The summed E-state index contributed by atoms with van der Waals surface area (Å²) in [5, 5.41) is 7.57. The average molecular weight is 357 g/mol. The van der Waals surface area contributed by atoms with Gasteiger partial charge in [-0.3, -0.25) is 4.79 Å². The molecule has 1 aromatic rings. The molecule has 1 amide bonds. The van der Waals surface area contributed by atoms with Crippen LogP contribution in [0.4, 0.5) is 0 Å². The van der Waals surface area contributed by atoms with Gasteiger partial charge in [-0.05, 0) is 56.8 Å². The second kappa shape index (κ2) is 7.87. The lowest BCUT2D eigenvalue weighted by Gasteiger charge is -2.35. The summed E-state index contributed by atoms with van der Waals surface area (Å²) in [6, 6.07) is 8.42. The number of hydrogen-bond acceptors (Lipinski definition) is 2. The van der Waals surface area contributed by atoms with E-state index in [1.807, 2.05) is 12.1 Å². The quantitative estimate of drug-likeness (QED) is 0.857. The molecule has 0 bridgehead atoms. The van der Waals surface area contributed by atoms with E-state index in [-0.39, 0.29) is 29.8 Å². The molecule has 23 heavy (non-hydrogen) atoms. The largest absolute Gasteiger partial charge is 0.346 e. The summed E-state index contributed by atoms with van der Waals surface area (Å²) in [6.07, 6.45) is 6.27. The number of benzene rings is 1. The van der Waals surface area contributed by atoms with Crippen molar-refractivity contribution < 1.29 is 4.79 Å². The van der Waals surface area contributed by atoms with Gasteiger partial charge in [0.2, 0.25) is 5.91 Å². The van der Waals surface area contributed by atoms with Gasteiger partial charge < -0.3 is 10.6 Å². The first kappa shape index (κ1) is 18.6. The van der Waals surface area contributed by atoms with Crippen LogP contribution in [-0.2, 0) is 10.3 Å². The fourth-order valence-electron chi connectivity index (χ4n) is 3.94. The van der Waals surface area contributed by atoms with E-state index in [0.717, 1.165) is 37.3 Å². The van der Waals surface area contributed by atoms with Crippen molar-refractivity contribution in [3.63, 3.8) is 0 Å². The Balaban J connectivity index is 0.00000192. The second-order valence-electron chi connectivity index (χ2n) is 6.86. The highest BCUT2D eigenvalue weighted by molar-refractivity contribution is 6.30. The molecule has 1 aliphatic carbocycles. The lowest BCUT2D eigenvalue weighted by atomic mass is 9.86. The first-order valence-electron chi connectivity index (χ1n) is 8.40. The fourth-order valence-corrected chi connectivity index (χ4v) is 4.07. The summed E-state index contributed by atoms with van der Waals surface area (Å²) < 4.78 is 0. The molecular weight excluding hydrogens is 331 g/mol. The van der Waals surface area contributed by atoms with E-state index in [0.29, 0.717) is 6.04 Å². The summed E-state index contributed by atoms with van der Waals surface area (Å²) in [5.74, 6) is 0.367. The van der Waals surface area contributed by atoms with Gasteiger partial charge in [-0.15, -0.1) is 12.4 Å². The van der Waals surface area contributed by atoms with Gasteiger partial charge in [0.1, 0.15) is 0 Å². The zero-order chi connectivity index (χ0) is 15.6. The molecule has 128 valence electrons. The maximum atomic E-state index is 12.8. The summed E-state index contributed by atoms with van der Waals surface area (Å²) in [6.45, 7) is 3.09. The minimum absolute atomic E-state index is 0. The van der Waals surface area contributed by atoms with Crippen LogP contribution in [0.2, 0.25) is 5.02 Å². The van der Waals surface area contributed by atoms with Gasteiger partial charge in [-0.2, -0.15) is 0 Å². The molecule has 3 nitrogen and oxygen atoms in total. The lowest BCUT2D eigenvalue weighted by Crippen LogP contribution is -2.49. The predicted octanol–water partition coefficient (Wildman–Crippen LogP) is 4.04. The molecule has 0 unspecified atom stereocenters. The molecule has 1 aliphatic heterocycles. The third-order valence-electron chi connectivity index (χ3n) is 5.21. The summed E-state index contributed by atoms with van der Waals surface area (Å²) in [7, 11) is 0. The predicted molar refractivity (Wildman–Crippen MR) is 97.2 cm³/mol. The van der Waals surface area contributed by atoms with Gasteiger partial charge in [-0.25, -0.2) is 0 Å². The highest BCUT2D eigenvalue weighted by Crippen LogP contribution is 2.39. The van der Waals surface area contributed by atoms with Crippen molar-refractivity contribution in [1.29, 1.82) is 0 Å². The van der Waals surface area contributed by atoms with Crippen molar-refractivity contribution in [2.24, 2.45) is 5.92 Å². The number of halogens is 2. The van der Waals surface area contributed by atoms with Crippen LogP contribution in [0.3, 0.4) is 0 Å². The van der Waals surface area contributed by atoms with Crippen molar-refractivity contribution in [2.75, 3.05) is 6.54 Å². The van der Waals surface area contributed by atoms with E-state index in [1.165, 1.54) is 18.4 Å². The van der Waals surface area contributed by atoms with E-state index >= 15 is 0 Å². The number of piperidine rings is 1. The molecule has 1 saturated heterocycles. The molecule has 1 aromatic carbocycles. The number of carbonyl (C=O) groups excluding carboxylic acids is 1. The van der Waals surface area contributed by atoms with E-state index in [1.54, 1.807) is 0 Å². The Kier molecular flexibility index (Phi) is 6.35. The number of hydrogen-bond donors (Lipinski definition) is 2.